The number of benzene rings is 1. The molecule has 9 nitrogen and oxygen atoms in total. The van der Waals surface area contributed by atoms with Crippen LogP contribution in [0.3, 0.4) is 0 Å². The summed E-state index contributed by atoms with van der Waals surface area (Å²) in [7, 11) is -1.39. The van der Waals surface area contributed by atoms with Crippen molar-refractivity contribution in [2.75, 3.05) is 50.3 Å². The summed E-state index contributed by atoms with van der Waals surface area (Å²) in [5, 5.41) is 6.71. The lowest BCUT2D eigenvalue weighted by atomic mass is 9.98. The van der Waals surface area contributed by atoms with Gasteiger partial charge < -0.3 is 9.80 Å². The number of rotatable bonds is 3. The summed E-state index contributed by atoms with van der Waals surface area (Å²) < 4.78 is 25.8. The van der Waals surface area contributed by atoms with Crippen LogP contribution in [0.4, 0.5) is 5.69 Å². The van der Waals surface area contributed by atoms with Crippen molar-refractivity contribution in [3.05, 3.63) is 41.5 Å². The summed E-state index contributed by atoms with van der Waals surface area (Å²) in [6, 6.07) is 5.23. The van der Waals surface area contributed by atoms with Crippen LogP contribution in [-0.2, 0) is 10.0 Å². The lowest BCUT2D eigenvalue weighted by Crippen LogP contribution is -2.47. The Morgan fingerprint density at radius 1 is 1.22 bits per heavy atom. The Balaban J connectivity index is 1.70. The van der Waals surface area contributed by atoms with E-state index in [9.17, 15) is 13.2 Å². The molecule has 2 aromatic rings. The number of hydrogen-bond acceptors (Lipinski definition) is 6. The van der Waals surface area contributed by atoms with Gasteiger partial charge in [-0.15, -0.1) is 0 Å². The van der Waals surface area contributed by atoms with Gasteiger partial charge in [-0.1, -0.05) is 0 Å². The van der Waals surface area contributed by atoms with Crippen molar-refractivity contribution in [2.24, 2.45) is 0 Å². The van der Waals surface area contributed by atoms with Gasteiger partial charge in [-0.3, -0.25) is 14.2 Å². The van der Waals surface area contributed by atoms with E-state index in [0.717, 1.165) is 18.7 Å². The van der Waals surface area contributed by atoms with E-state index < -0.39 is 10.0 Å². The number of hydrogen-bond donors (Lipinski definition) is 1. The molecule has 1 aromatic heterocycles. The van der Waals surface area contributed by atoms with Crippen LogP contribution in [0.1, 0.15) is 27.7 Å². The van der Waals surface area contributed by atoms with Crippen LogP contribution in [0, 0.1) is 0 Å². The SMILES string of the molecule is CN1CCN(C(=O)c2ccc3c(c2)C(c2ncn[nH]2)CN3S(C)(=O)=O)CC1. The van der Waals surface area contributed by atoms with Gasteiger partial charge >= 0.3 is 0 Å². The highest BCUT2D eigenvalue weighted by molar-refractivity contribution is 7.92. The summed E-state index contributed by atoms with van der Waals surface area (Å²) in [5.41, 5.74) is 1.93. The van der Waals surface area contributed by atoms with E-state index in [-0.39, 0.29) is 18.4 Å². The highest BCUT2D eigenvalue weighted by Crippen LogP contribution is 2.40. The van der Waals surface area contributed by atoms with Crippen LogP contribution in [0.25, 0.3) is 0 Å². The number of anilines is 1. The monoisotopic (exact) mass is 390 g/mol. The van der Waals surface area contributed by atoms with Gasteiger partial charge in [-0.05, 0) is 30.8 Å². The largest absolute Gasteiger partial charge is 0.336 e. The van der Waals surface area contributed by atoms with Crippen molar-refractivity contribution in [3.8, 4) is 0 Å². The quantitative estimate of drug-likeness (QED) is 0.798. The maximum absolute atomic E-state index is 12.9. The summed E-state index contributed by atoms with van der Waals surface area (Å²) in [5.74, 6) is 0.282. The Morgan fingerprint density at radius 2 is 1.96 bits per heavy atom. The number of nitrogens with one attached hydrogen (secondary N) is 1. The number of carbonyl (C=O) groups excluding carboxylic acids is 1. The van der Waals surface area contributed by atoms with Crippen LogP contribution in [0.15, 0.2) is 24.5 Å². The first-order valence-corrected chi connectivity index (χ1v) is 10.6. The van der Waals surface area contributed by atoms with Crippen molar-refractivity contribution in [2.45, 2.75) is 5.92 Å². The molecule has 0 aliphatic carbocycles. The Kier molecular flexibility index (Phi) is 4.39. The minimum atomic E-state index is -3.43. The molecule has 1 aromatic carbocycles. The van der Waals surface area contributed by atoms with Gasteiger partial charge in [0.15, 0.2) is 0 Å². The molecule has 1 saturated heterocycles. The number of aromatic amines is 1. The van der Waals surface area contributed by atoms with E-state index in [0.29, 0.717) is 30.2 Å². The Labute approximate surface area is 158 Å². The third-order valence-corrected chi connectivity index (χ3v) is 6.37. The van der Waals surface area contributed by atoms with E-state index in [2.05, 4.69) is 20.1 Å². The summed E-state index contributed by atoms with van der Waals surface area (Å²) in [6.45, 7) is 3.31. The number of aromatic nitrogens is 3. The Bertz CT molecular complexity index is 951. The minimum absolute atomic E-state index is 0.0278. The number of amides is 1. The van der Waals surface area contributed by atoms with Crippen molar-refractivity contribution < 1.29 is 13.2 Å². The molecule has 2 aliphatic heterocycles. The number of H-pyrrole nitrogens is 1. The van der Waals surface area contributed by atoms with Crippen molar-refractivity contribution in [1.82, 2.24) is 25.0 Å². The molecular weight excluding hydrogens is 368 g/mol. The molecule has 3 heterocycles. The lowest BCUT2D eigenvalue weighted by molar-refractivity contribution is 0.0664. The third-order valence-electron chi connectivity index (χ3n) is 5.22. The fraction of sp³-hybridized carbons (Fsp3) is 0.471. The van der Waals surface area contributed by atoms with Gasteiger partial charge in [0.2, 0.25) is 10.0 Å². The second kappa shape index (κ2) is 6.61. The van der Waals surface area contributed by atoms with Crippen LogP contribution in [-0.4, -0.2) is 85.3 Å². The van der Waals surface area contributed by atoms with Crippen molar-refractivity contribution in [3.63, 3.8) is 0 Å². The molecule has 4 rings (SSSR count). The van der Waals surface area contributed by atoms with Crippen molar-refractivity contribution >= 4 is 21.6 Å². The number of sulfonamides is 1. The fourth-order valence-corrected chi connectivity index (χ4v) is 4.62. The molecule has 1 amide bonds. The van der Waals surface area contributed by atoms with E-state index in [4.69, 9.17) is 0 Å². The molecule has 0 saturated carbocycles. The van der Waals surface area contributed by atoms with Crippen LogP contribution < -0.4 is 4.31 Å². The first-order valence-electron chi connectivity index (χ1n) is 8.79. The molecule has 27 heavy (non-hydrogen) atoms. The average Bonchev–Trinajstić information content (AvgIpc) is 3.28. The molecule has 1 N–H and O–H groups in total. The number of likely N-dealkylation sites (N-methyl/N-ethyl adjacent to an activating group) is 1. The predicted molar refractivity (Wildman–Crippen MR) is 100 cm³/mol. The number of piperazine rings is 1. The van der Waals surface area contributed by atoms with Crippen LogP contribution >= 0.6 is 0 Å². The second-order valence-corrected chi connectivity index (χ2v) is 8.99. The van der Waals surface area contributed by atoms with Gasteiger partial charge in [0.1, 0.15) is 12.2 Å². The minimum Gasteiger partial charge on any atom is -0.336 e. The molecule has 0 radical (unpaired) electrons. The molecule has 10 heteroatoms. The van der Waals surface area contributed by atoms with Gasteiger partial charge in [0.25, 0.3) is 5.91 Å². The normalized spacial score (nSPS) is 20.7. The molecule has 1 unspecified atom stereocenters. The highest BCUT2D eigenvalue weighted by atomic mass is 32.2. The number of carbonyl (C=O) groups is 1. The molecule has 0 spiro atoms. The maximum Gasteiger partial charge on any atom is 0.253 e. The van der Waals surface area contributed by atoms with Crippen molar-refractivity contribution in [1.29, 1.82) is 0 Å². The second-order valence-electron chi connectivity index (χ2n) is 7.09. The first kappa shape index (κ1) is 17.9. The zero-order chi connectivity index (χ0) is 19.2. The number of fused-ring (bicyclic) bond motifs is 1. The smallest absolute Gasteiger partial charge is 0.253 e. The van der Waals surface area contributed by atoms with E-state index in [1.807, 2.05) is 11.9 Å². The molecule has 2 aliphatic rings. The lowest BCUT2D eigenvalue weighted by Gasteiger charge is -2.32. The zero-order valence-corrected chi connectivity index (χ0v) is 16.1. The number of nitrogens with zero attached hydrogens (tertiary/aromatic N) is 5. The first-order chi connectivity index (χ1) is 12.8. The van der Waals surface area contributed by atoms with Gasteiger partial charge in [-0.25, -0.2) is 13.4 Å². The molecule has 1 atom stereocenters. The summed E-state index contributed by atoms with van der Waals surface area (Å²) in [4.78, 5) is 21.1. The molecule has 1 fully saturated rings. The van der Waals surface area contributed by atoms with E-state index >= 15 is 0 Å². The standard InChI is InChI=1S/C17H22N6O3S/c1-21-5-7-22(8-6-21)17(24)12-3-4-15-13(9-12)14(16-18-11-19-20-16)10-23(15)27(2,25)26/h3-4,9,11,14H,5-8,10H2,1-2H3,(H,18,19,20). The van der Waals surface area contributed by atoms with Crippen LogP contribution in [0.5, 0.6) is 0 Å². The van der Waals surface area contributed by atoms with Gasteiger partial charge in [0, 0.05) is 38.3 Å². The van der Waals surface area contributed by atoms with Crippen LogP contribution in [0.2, 0.25) is 0 Å². The van der Waals surface area contributed by atoms with E-state index in [1.165, 1.54) is 16.9 Å². The van der Waals surface area contributed by atoms with E-state index in [1.54, 1.807) is 18.2 Å². The predicted octanol–water partition coefficient (Wildman–Crippen LogP) is 0.104. The Morgan fingerprint density at radius 3 is 2.59 bits per heavy atom. The topological polar surface area (TPSA) is 102 Å². The molecule has 144 valence electrons. The maximum atomic E-state index is 12.9. The fourth-order valence-electron chi connectivity index (χ4n) is 3.68. The average molecular weight is 390 g/mol. The third kappa shape index (κ3) is 3.30. The molecular formula is C17H22N6O3S. The molecule has 0 bridgehead atoms. The summed E-state index contributed by atoms with van der Waals surface area (Å²) in [6.07, 6.45) is 2.58. The zero-order valence-electron chi connectivity index (χ0n) is 15.3. The highest BCUT2D eigenvalue weighted by Gasteiger charge is 2.37. The Hall–Kier alpha value is -2.46. The van der Waals surface area contributed by atoms with Gasteiger partial charge in [0.05, 0.1) is 17.9 Å². The summed E-state index contributed by atoms with van der Waals surface area (Å²) >= 11 is 0. The van der Waals surface area contributed by atoms with Gasteiger partial charge in [-0.2, -0.15) is 5.10 Å².